The van der Waals surface area contributed by atoms with Crippen LogP contribution < -0.4 is 15.0 Å². The number of nitrogens with zero attached hydrogens (tertiary/aromatic N) is 2. The van der Waals surface area contributed by atoms with Crippen molar-refractivity contribution in [2.45, 2.75) is 114 Å². The molecule has 1 aliphatic carbocycles. The third-order valence-electron chi connectivity index (χ3n) is 15.8. The van der Waals surface area contributed by atoms with Gasteiger partial charge in [0.25, 0.3) is 0 Å². The third kappa shape index (κ3) is 8.04. The molecule has 0 amide bonds. The zero-order chi connectivity index (χ0) is 51.5. The summed E-state index contributed by atoms with van der Waals surface area (Å²) in [7, 11) is 0. The van der Waals surface area contributed by atoms with Crippen LogP contribution in [0.1, 0.15) is 121 Å². The maximum absolute atomic E-state index is 7.23. The van der Waals surface area contributed by atoms with Crippen LogP contribution in [-0.2, 0) is 12.8 Å². The Labute approximate surface area is 437 Å². The summed E-state index contributed by atoms with van der Waals surface area (Å²) in [4.78, 5) is 5.04. The molecule has 11 aromatic rings. The van der Waals surface area contributed by atoms with E-state index in [0.717, 1.165) is 86.2 Å². The first kappa shape index (κ1) is 47.7. The van der Waals surface area contributed by atoms with Crippen LogP contribution in [0.4, 0.5) is 28.4 Å². The van der Waals surface area contributed by atoms with Crippen LogP contribution in [0, 0.1) is 30.6 Å². The molecular weight excluding hydrogens is 901 g/mol. The minimum absolute atomic E-state index is 0.103. The van der Waals surface area contributed by atoms with E-state index < -0.39 is 0 Å². The molecule has 74 heavy (non-hydrogen) atoms. The molecular formula is C70H70N2O2. The number of benzene rings is 9. The Bertz CT molecular complexity index is 4040. The fraction of sp³-hybridized carbons (Fsp3) is 0.286. The maximum Gasteiger partial charge on any atom is 0.159 e. The smallest absolute Gasteiger partial charge is 0.159 e. The van der Waals surface area contributed by atoms with Gasteiger partial charge in [0.2, 0.25) is 0 Å². The molecule has 1 atom stereocenters. The van der Waals surface area contributed by atoms with Crippen molar-refractivity contribution in [3.05, 3.63) is 190 Å². The molecule has 1 unspecified atom stereocenters. The van der Waals surface area contributed by atoms with Crippen LogP contribution in [0.5, 0.6) is 0 Å². The number of hydrogen-bond acceptors (Lipinski definition) is 4. The third-order valence-corrected chi connectivity index (χ3v) is 15.8. The molecule has 0 fully saturated rings. The van der Waals surface area contributed by atoms with Gasteiger partial charge >= 0.3 is 0 Å². The number of fused-ring (bicyclic) bond motifs is 6. The largest absolute Gasteiger partial charge is 0.454 e. The molecule has 4 heteroatoms. The van der Waals surface area contributed by atoms with Gasteiger partial charge in [0.15, 0.2) is 11.2 Å². The van der Waals surface area contributed by atoms with E-state index in [2.05, 4.69) is 245 Å². The number of anilines is 5. The van der Waals surface area contributed by atoms with E-state index in [1.54, 1.807) is 0 Å². The lowest BCUT2D eigenvalue weighted by atomic mass is 9.76. The highest BCUT2D eigenvalue weighted by molar-refractivity contribution is 6.20. The predicted molar refractivity (Wildman–Crippen MR) is 316 cm³/mol. The second-order valence-corrected chi connectivity index (χ2v) is 24.7. The Kier molecular flexibility index (Phi) is 11.4. The summed E-state index contributed by atoms with van der Waals surface area (Å²) in [6, 6.07) is 57.3. The van der Waals surface area contributed by atoms with Crippen LogP contribution in [0.25, 0.3) is 71.1 Å². The number of furan rings is 2. The van der Waals surface area contributed by atoms with E-state index in [9.17, 15) is 0 Å². The first-order valence-corrected chi connectivity index (χ1v) is 27.1. The molecule has 0 N–H and O–H groups in total. The van der Waals surface area contributed by atoms with Crippen LogP contribution in [-0.4, -0.2) is 0 Å². The van der Waals surface area contributed by atoms with Gasteiger partial charge in [0.05, 0.1) is 17.1 Å². The number of hydrogen-bond donors (Lipinski definition) is 0. The van der Waals surface area contributed by atoms with Crippen molar-refractivity contribution in [3.63, 3.8) is 0 Å². The SMILES string of the molecule is Cc1ccc(N(C2=c3ccc4c(C(C)C)cc(N(c5ccc(C)cc5)c5cccc6c5oc5c(CC(C)(C)C)cccc56)c5ccc(c3c45)C(C(C)C)C2)c2cccc3c2oc2c(CC(C)(C)C)cccc23)cc1. The molecule has 0 radical (unpaired) electrons. The minimum Gasteiger partial charge on any atom is -0.454 e. The van der Waals surface area contributed by atoms with Crippen molar-refractivity contribution in [2.75, 3.05) is 9.80 Å². The second kappa shape index (κ2) is 17.7. The summed E-state index contributed by atoms with van der Waals surface area (Å²) in [6.07, 6.45) is 2.73. The predicted octanol–water partition coefficient (Wildman–Crippen LogP) is 20.0. The Morgan fingerprint density at radius 1 is 0.473 bits per heavy atom. The Morgan fingerprint density at radius 3 is 1.45 bits per heavy atom. The topological polar surface area (TPSA) is 32.8 Å². The summed E-state index contributed by atoms with van der Waals surface area (Å²) in [5.41, 5.74) is 18.5. The molecule has 0 saturated carbocycles. The van der Waals surface area contributed by atoms with Crippen LogP contribution in [0.15, 0.2) is 160 Å². The van der Waals surface area contributed by atoms with Gasteiger partial charge in [-0.1, -0.05) is 190 Å². The van der Waals surface area contributed by atoms with E-state index in [4.69, 9.17) is 8.83 Å². The van der Waals surface area contributed by atoms with Gasteiger partial charge in [-0.05, 0) is 143 Å². The van der Waals surface area contributed by atoms with Gasteiger partial charge in [-0.2, -0.15) is 0 Å². The number of rotatable bonds is 10. The van der Waals surface area contributed by atoms with Gasteiger partial charge in [-0.3, -0.25) is 0 Å². The molecule has 2 aromatic heterocycles. The van der Waals surface area contributed by atoms with Crippen molar-refractivity contribution in [2.24, 2.45) is 16.7 Å². The Morgan fingerprint density at radius 2 is 0.946 bits per heavy atom. The Hall–Kier alpha value is -7.30. The zero-order valence-corrected chi connectivity index (χ0v) is 45.5. The van der Waals surface area contributed by atoms with Gasteiger partial charge in [-0.15, -0.1) is 0 Å². The van der Waals surface area contributed by atoms with E-state index >= 15 is 0 Å². The Balaban J connectivity index is 1.18. The van der Waals surface area contributed by atoms with Crippen LogP contribution in [0.3, 0.4) is 0 Å². The molecule has 2 heterocycles. The lowest BCUT2D eigenvalue weighted by Gasteiger charge is -2.36. The molecule has 372 valence electrons. The summed E-state index contributed by atoms with van der Waals surface area (Å²) < 4.78 is 14.4. The van der Waals surface area contributed by atoms with Crippen molar-refractivity contribution in [1.29, 1.82) is 0 Å². The lowest BCUT2D eigenvalue weighted by Crippen LogP contribution is -2.30. The maximum atomic E-state index is 7.23. The fourth-order valence-corrected chi connectivity index (χ4v) is 12.5. The van der Waals surface area contributed by atoms with Gasteiger partial charge in [0.1, 0.15) is 11.2 Å². The van der Waals surface area contributed by atoms with Crippen LogP contribution >= 0.6 is 0 Å². The molecule has 1 aliphatic rings. The van der Waals surface area contributed by atoms with E-state index in [1.165, 1.54) is 71.2 Å². The number of aryl methyl sites for hydroxylation is 2. The molecule has 12 rings (SSSR count). The van der Waals surface area contributed by atoms with Crippen molar-refractivity contribution < 1.29 is 8.83 Å². The van der Waals surface area contributed by atoms with Crippen LogP contribution in [0.2, 0.25) is 0 Å². The quantitative estimate of drug-likeness (QED) is 0.137. The van der Waals surface area contributed by atoms with E-state index in [-0.39, 0.29) is 22.7 Å². The molecule has 9 aromatic carbocycles. The standard InChI is InChI=1S/C70H70N2O2/c1-41(2)57-37-61(71(47-29-25-43(5)26-30-47)59-23-15-21-53-51-19-13-17-45(39-69(7,8)9)65(51)73-67(53)59)55-36-34-50-58(42(3)4)38-62(56-35-33-49(57)63(55)64(50)56)72(48-31-27-44(6)28-32-48)60-24-16-22-54-52-20-14-18-46(40-70(10,11)12)66(52)74-68(54)60/h13-37,41-42,58H,38-40H2,1-12H3. The van der Waals surface area contributed by atoms with Crippen molar-refractivity contribution in [3.8, 4) is 0 Å². The summed E-state index contributed by atoms with van der Waals surface area (Å²) in [5, 5.41) is 11.1. The number of para-hydroxylation sites is 4. The summed E-state index contributed by atoms with van der Waals surface area (Å²) >= 11 is 0. The van der Waals surface area contributed by atoms with Crippen molar-refractivity contribution >= 4 is 99.6 Å². The molecule has 0 aliphatic heterocycles. The molecule has 4 nitrogen and oxygen atoms in total. The van der Waals surface area contributed by atoms with E-state index in [0.29, 0.717) is 5.92 Å². The second-order valence-electron chi connectivity index (χ2n) is 24.7. The highest BCUT2D eigenvalue weighted by Gasteiger charge is 2.33. The highest BCUT2D eigenvalue weighted by atomic mass is 16.3. The molecule has 0 spiro atoms. The first-order valence-electron chi connectivity index (χ1n) is 27.1. The van der Waals surface area contributed by atoms with E-state index in [1.807, 2.05) is 0 Å². The lowest BCUT2D eigenvalue weighted by molar-refractivity contribution is 0.410. The van der Waals surface area contributed by atoms with Gasteiger partial charge in [0, 0.05) is 49.2 Å². The minimum atomic E-state index is 0.103. The zero-order valence-electron chi connectivity index (χ0n) is 45.5. The average Bonchev–Trinajstić information content (AvgIpc) is 3.95. The summed E-state index contributed by atoms with van der Waals surface area (Å²) in [5.74, 6) is 0.893. The average molecular weight is 971 g/mol. The molecule has 0 bridgehead atoms. The first-order chi connectivity index (χ1) is 35.4. The van der Waals surface area contributed by atoms with Gasteiger partial charge < -0.3 is 18.6 Å². The fourth-order valence-electron chi connectivity index (χ4n) is 12.5. The monoisotopic (exact) mass is 971 g/mol. The van der Waals surface area contributed by atoms with Gasteiger partial charge in [-0.25, -0.2) is 0 Å². The highest BCUT2D eigenvalue weighted by Crippen LogP contribution is 2.52. The summed E-state index contributed by atoms with van der Waals surface area (Å²) in [6.45, 7) is 27.7. The molecule has 0 saturated heterocycles. The van der Waals surface area contributed by atoms with Crippen molar-refractivity contribution in [1.82, 2.24) is 0 Å². The normalized spacial score (nSPS) is 14.4.